The van der Waals surface area contributed by atoms with Gasteiger partial charge in [0, 0.05) is 28.5 Å². The summed E-state index contributed by atoms with van der Waals surface area (Å²) < 4.78 is 5.31. The minimum atomic E-state index is 0. The molecule has 25 heavy (non-hydrogen) atoms. The lowest BCUT2D eigenvalue weighted by atomic mass is 10.1. The second-order valence-corrected chi connectivity index (χ2v) is 6.12. The predicted octanol–water partition coefficient (Wildman–Crippen LogP) is 6.06. The molecular weight excluding hydrogens is 332 g/mol. The maximum absolute atomic E-state index is 5.31. The van der Waals surface area contributed by atoms with Gasteiger partial charge in [0.1, 0.15) is 5.75 Å². The molecule has 0 aliphatic rings. The van der Waals surface area contributed by atoms with Crippen LogP contribution in [0.5, 0.6) is 5.75 Å². The van der Waals surface area contributed by atoms with E-state index in [0.717, 1.165) is 40.1 Å². The molecule has 3 aromatic rings. The largest absolute Gasteiger partial charge is 0.497 e. The van der Waals surface area contributed by atoms with Crippen molar-refractivity contribution >= 4 is 34.7 Å². The van der Waals surface area contributed by atoms with E-state index < -0.39 is 0 Å². The number of methoxy groups -OCH3 is 1. The maximum atomic E-state index is 5.31. The van der Waals surface area contributed by atoms with Crippen LogP contribution in [0, 0.1) is 6.92 Å². The van der Waals surface area contributed by atoms with Gasteiger partial charge in [-0.15, -0.1) is 12.4 Å². The summed E-state index contributed by atoms with van der Waals surface area (Å²) in [5.74, 6) is 0.826. The summed E-state index contributed by atoms with van der Waals surface area (Å²) >= 11 is 0. The third-order valence-corrected chi connectivity index (χ3v) is 4.20. The van der Waals surface area contributed by atoms with E-state index in [2.05, 4.69) is 53.6 Å². The monoisotopic (exact) mass is 356 g/mol. The Labute approximate surface area is 155 Å². The normalized spacial score (nSPS) is 10.4. The van der Waals surface area contributed by atoms with Crippen LogP contribution in [0.15, 0.2) is 48.5 Å². The molecule has 1 N–H and O–H groups in total. The highest BCUT2D eigenvalue weighted by molar-refractivity contribution is 5.94. The topological polar surface area (TPSA) is 34.2 Å². The number of rotatable bonds is 6. The Bertz CT molecular complexity index is 831. The van der Waals surface area contributed by atoms with Crippen LogP contribution in [-0.2, 0) is 6.42 Å². The fourth-order valence-corrected chi connectivity index (χ4v) is 2.86. The molecule has 0 saturated heterocycles. The number of pyridine rings is 1. The Morgan fingerprint density at radius 1 is 1.04 bits per heavy atom. The molecular formula is C21H25ClN2O. The van der Waals surface area contributed by atoms with Gasteiger partial charge in [-0.3, -0.25) is 4.98 Å². The van der Waals surface area contributed by atoms with Crippen molar-refractivity contribution in [3.8, 4) is 5.75 Å². The predicted molar refractivity (Wildman–Crippen MR) is 109 cm³/mol. The van der Waals surface area contributed by atoms with E-state index in [1.165, 1.54) is 18.4 Å². The van der Waals surface area contributed by atoms with Crippen LogP contribution < -0.4 is 10.1 Å². The highest BCUT2D eigenvalue weighted by Crippen LogP contribution is 2.29. The average molecular weight is 357 g/mol. The highest BCUT2D eigenvalue weighted by Gasteiger charge is 2.06. The first-order valence-electron chi connectivity index (χ1n) is 8.51. The van der Waals surface area contributed by atoms with Gasteiger partial charge in [-0.1, -0.05) is 25.5 Å². The first-order valence-corrected chi connectivity index (χ1v) is 8.51. The third kappa shape index (κ3) is 4.64. The van der Waals surface area contributed by atoms with Crippen molar-refractivity contribution in [2.24, 2.45) is 0 Å². The lowest BCUT2D eigenvalue weighted by molar-refractivity contribution is 0.415. The Hall–Kier alpha value is -2.26. The maximum Gasteiger partial charge on any atom is 0.121 e. The van der Waals surface area contributed by atoms with Crippen LogP contribution in [-0.4, -0.2) is 12.1 Å². The Morgan fingerprint density at radius 2 is 1.80 bits per heavy atom. The van der Waals surface area contributed by atoms with Crippen molar-refractivity contribution in [2.75, 3.05) is 12.4 Å². The SMILES string of the molecule is CCCCc1ccc(Nc2cc(C)nc3cc(OC)ccc23)cc1.Cl. The summed E-state index contributed by atoms with van der Waals surface area (Å²) in [6.07, 6.45) is 3.61. The average Bonchev–Trinajstić information content (AvgIpc) is 2.60. The Morgan fingerprint density at radius 3 is 2.48 bits per heavy atom. The van der Waals surface area contributed by atoms with Gasteiger partial charge < -0.3 is 10.1 Å². The number of nitrogens with one attached hydrogen (secondary N) is 1. The molecule has 0 unspecified atom stereocenters. The summed E-state index contributed by atoms with van der Waals surface area (Å²) in [4.78, 5) is 4.61. The van der Waals surface area contributed by atoms with E-state index in [4.69, 9.17) is 4.74 Å². The van der Waals surface area contributed by atoms with E-state index in [0.29, 0.717) is 0 Å². The lowest BCUT2D eigenvalue weighted by Gasteiger charge is -2.12. The summed E-state index contributed by atoms with van der Waals surface area (Å²) in [6, 6.07) is 16.8. The van der Waals surface area contributed by atoms with Crippen molar-refractivity contribution in [3.05, 3.63) is 59.8 Å². The minimum Gasteiger partial charge on any atom is -0.497 e. The zero-order valence-electron chi connectivity index (χ0n) is 15.0. The smallest absolute Gasteiger partial charge is 0.121 e. The number of hydrogen-bond acceptors (Lipinski definition) is 3. The van der Waals surface area contributed by atoms with E-state index in [-0.39, 0.29) is 12.4 Å². The van der Waals surface area contributed by atoms with Gasteiger partial charge in [0.25, 0.3) is 0 Å². The van der Waals surface area contributed by atoms with Gasteiger partial charge in [-0.25, -0.2) is 0 Å². The first-order chi connectivity index (χ1) is 11.7. The summed E-state index contributed by atoms with van der Waals surface area (Å²) in [5.41, 5.74) is 5.48. The first kappa shape index (κ1) is 19.1. The fourth-order valence-electron chi connectivity index (χ4n) is 2.86. The summed E-state index contributed by atoms with van der Waals surface area (Å²) in [7, 11) is 1.68. The number of aryl methyl sites for hydroxylation is 2. The summed E-state index contributed by atoms with van der Waals surface area (Å²) in [5, 5.41) is 4.62. The molecule has 0 spiro atoms. The van der Waals surface area contributed by atoms with Crippen molar-refractivity contribution in [3.63, 3.8) is 0 Å². The molecule has 3 rings (SSSR count). The van der Waals surface area contributed by atoms with E-state index in [9.17, 15) is 0 Å². The molecule has 0 aliphatic carbocycles. The van der Waals surface area contributed by atoms with Gasteiger partial charge in [0.05, 0.1) is 12.6 Å². The molecule has 0 atom stereocenters. The Balaban J connectivity index is 0.00000225. The molecule has 0 aliphatic heterocycles. The number of nitrogens with zero attached hydrogens (tertiary/aromatic N) is 1. The second-order valence-electron chi connectivity index (χ2n) is 6.12. The quantitative estimate of drug-likeness (QED) is 0.582. The number of benzene rings is 2. The molecule has 2 aromatic carbocycles. The van der Waals surface area contributed by atoms with Crippen LogP contribution in [0.4, 0.5) is 11.4 Å². The molecule has 1 heterocycles. The van der Waals surface area contributed by atoms with Gasteiger partial charge in [0.2, 0.25) is 0 Å². The Kier molecular flexibility index (Phi) is 6.65. The zero-order chi connectivity index (χ0) is 16.9. The second kappa shape index (κ2) is 8.72. The summed E-state index contributed by atoms with van der Waals surface area (Å²) in [6.45, 7) is 4.24. The molecule has 0 bridgehead atoms. The van der Waals surface area contributed by atoms with Gasteiger partial charge in [-0.2, -0.15) is 0 Å². The number of halogens is 1. The van der Waals surface area contributed by atoms with Crippen molar-refractivity contribution < 1.29 is 4.74 Å². The van der Waals surface area contributed by atoms with E-state index >= 15 is 0 Å². The molecule has 3 nitrogen and oxygen atoms in total. The van der Waals surface area contributed by atoms with Gasteiger partial charge in [-0.05, 0) is 55.7 Å². The molecule has 4 heteroatoms. The van der Waals surface area contributed by atoms with Crippen LogP contribution in [0.25, 0.3) is 10.9 Å². The molecule has 0 amide bonds. The number of aromatic nitrogens is 1. The van der Waals surface area contributed by atoms with E-state index in [1.807, 2.05) is 19.1 Å². The van der Waals surface area contributed by atoms with Crippen LogP contribution >= 0.6 is 12.4 Å². The van der Waals surface area contributed by atoms with E-state index in [1.54, 1.807) is 7.11 Å². The lowest BCUT2D eigenvalue weighted by Crippen LogP contribution is -1.96. The van der Waals surface area contributed by atoms with Crippen molar-refractivity contribution in [2.45, 2.75) is 33.1 Å². The van der Waals surface area contributed by atoms with Gasteiger partial charge in [0.15, 0.2) is 0 Å². The fraction of sp³-hybridized carbons (Fsp3) is 0.286. The molecule has 0 fully saturated rings. The van der Waals surface area contributed by atoms with Crippen molar-refractivity contribution in [1.82, 2.24) is 4.98 Å². The standard InChI is InChI=1S/C21H24N2O.ClH/c1-4-5-6-16-7-9-17(10-8-16)23-20-13-15(2)22-21-14-18(24-3)11-12-19(20)21;/h7-14H,4-6H2,1-3H3,(H,22,23);1H. The minimum absolute atomic E-state index is 0. The van der Waals surface area contributed by atoms with Gasteiger partial charge >= 0.3 is 0 Å². The molecule has 132 valence electrons. The third-order valence-electron chi connectivity index (χ3n) is 4.20. The number of hydrogen-bond donors (Lipinski definition) is 1. The number of anilines is 2. The molecule has 1 aromatic heterocycles. The van der Waals surface area contributed by atoms with Crippen LogP contribution in [0.3, 0.4) is 0 Å². The highest BCUT2D eigenvalue weighted by atomic mass is 35.5. The number of unbranched alkanes of at least 4 members (excludes halogenated alkanes) is 1. The molecule has 0 saturated carbocycles. The number of ether oxygens (including phenoxy) is 1. The zero-order valence-corrected chi connectivity index (χ0v) is 15.8. The molecule has 0 radical (unpaired) electrons. The van der Waals surface area contributed by atoms with Crippen LogP contribution in [0.1, 0.15) is 31.0 Å². The van der Waals surface area contributed by atoms with Crippen molar-refractivity contribution in [1.29, 1.82) is 0 Å². The number of fused-ring (bicyclic) bond motifs is 1. The van der Waals surface area contributed by atoms with Crippen LogP contribution in [0.2, 0.25) is 0 Å².